The van der Waals surface area contributed by atoms with Gasteiger partial charge in [-0.1, -0.05) is 0 Å². The predicted octanol–water partition coefficient (Wildman–Crippen LogP) is 2.53. The van der Waals surface area contributed by atoms with Gasteiger partial charge >= 0.3 is 0 Å². The molecule has 0 spiro atoms. The summed E-state index contributed by atoms with van der Waals surface area (Å²) < 4.78 is 1.73. The Labute approximate surface area is 231 Å². The van der Waals surface area contributed by atoms with E-state index in [1.165, 1.54) is 13.1 Å². The van der Waals surface area contributed by atoms with Crippen molar-refractivity contribution in [2.75, 3.05) is 12.4 Å². The molecule has 7 rings (SSSR count). The van der Waals surface area contributed by atoms with Crippen molar-refractivity contribution in [1.82, 2.24) is 30.5 Å². The van der Waals surface area contributed by atoms with Gasteiger partial charge in [-0.2, -0.15) is 10.4 Å². The number of hydrogen-bond acceptors (Lipinski definition) is 7. The maximum absolute atomic E-state index is 13.5. The molecule has 40 heavy (non-hydrogen) atoms. The van der Waals surface area contributed by atoms with E-state index in [4.69, 9.17) is 0 Å². The second kappa shape index (κ2) is 9.62. The van der Waals surface area contributed by atoms with Crippen LogP contribution in [0.5, 0.6) is 0 Å². The Bertz CT molecular complexity index is 1540. The van der Waals surface area contributed by atoms with Gasteiger partial charge in [-0.05, 0) is 69.2 Å². The molecule has 4 saturated carbocycles. The number of amides is 3. The molecule has 2 bridgehead atoms. The Balaban J connectivity index is 1.25. The van der Waals surface area contributed by atoms with Crippen LogP contribution >= 0.6 is 0 Å². The van der Waals surface area contributed by atoms with Crippen LogP contribution in [0.25, 0.3) is 16.9 Å². The summed E-state index contributed by atoms with van der Waals surface area (Å²) in [5.41, 5.74) is 3.44. The summed E-state index contributed by atoms with van der Waals surface area (Å²) in [6.07, 6.45) is 8.48. The Hall–Kier alpha value is -4.46. The van der Waals surface area contributed by atoms with Crippen LogP contribution in [0.4, 0.5) is 5.69 Å². The fraction of sp³-hybridized carbons (Fsp3) is 0.448. The number of nitrogens with zero attached hydrogens (tertiary/aromatic N) is 4. The van der Waals surface area contributed by atoms with Gasteiger partial charge in [0.15, 0.2) is 0 Å². The van der Waals surface area contributed by atoms with E-state index < -0.39 is 0 Å². The summed E-state index contributed by atoms with van der Waals surface area (Å²) in [7, 11) is 1.65. The van der Waals surface area contributed by atoms with Crippen molar-refractivity contribution in [2.45, 2.75) is 69.0 Å². The highest BCUT2D eigenvalue weighted by molar-refractivity contribution is 6.00. The molecular formula is C29H32N8O3. The van der Waals surface area contributed by atoms with Crippen LogP contribution < -0.4 is 21.3 Å². The Kier molecular flexibility index (Phi) is 6.21. The zero-order valence-corrected chi connectivity index (χ0v) is 22.6. The summed E-state index contributed by atoms with van der Waals surface area (Å²) >= 11 is 0. The van der Waals surface area contributed by atoms with Gasteiger partial charge in [-0.25, -0.2) is 4.52 Å². The molecule has 11 heteroatoms. The van der Waals surface area contributed by atoms with Crippen molar-refractivity contribution in [3.63, 3.8) is 0 Å². The maximum atomic E-state index is 13.5. The standard InChI is InChI=1S/C29H32N8O3/c1-17(38)35-28-14-29(15-28,16-28)36-23-10-24(25-8-7-21-9-18(11-30)12-33-37(21)25)32-13-22(23)27(40)34-20-5-3-19(4-6-20)26(39)31-2/h7-10,12-13,19-20H,3-6,14-16H2,1-2H3,(H,31,39)(H,32,36)(H,34,40)(H,35,38). The first-order valence-corrected chi connectivity index (χ1v) is 13.7. The van der Waals surface area contributed by atoms with Gasteiger partial charge in [0, 0.05) is 43.2 Å². The maximum Gasteiger partial charge on any atom is 0.255 e. The first kappa shape index (κ1) is 25.8. The van der Waals surface area contributed by atoms with E-state index in [2.05, 4.69) is 37.4 Å². The summed E-state index contributed by atoms with van der Waals surface area (Å²) in [6.45, 7) is 1.54. The van der Waals surface area contributed by atoms with Crippen LogP contribution in [0, 0.1) is 17.2 Å². The molecule has 4 N–H and O–H groups in total. The minimum atomic E-state index is -0.204. The lowest BCUT2D eigenvalue weighted by atomic mass is 9.44. The van der Waals surface area contributed by atoms with E-state index in [1.807, 2.05) is 18.2 Å². The van der Waals surface area contributed by atoms with Gasteiger partial charge in [0.05, 0.1) is 39.9 Å². The number of fused-ring (bicyclic) bond motifs is 1. The van der Waals surface area contributed by atoms with E-state index in [0.29, 0.717) is 22.5 Å². The number of nitriles is 1. The largest absolute Gasteiger partial charge is 0.379 e. The molecule has 0 aliphatic heterocycles. The van der Waals surface area contributed by atoms with E-state index in [1.54, 1.807) is 23.8 Å². The number of nitrogens with one attached hydrogen (secondary N) is 4. The highest BCUT2D eigenvalue weighted by Gasteiger charge is 2.68. The topological polar surface area (TPSA) is 153 Å². The third kappa shape index (κ3) is 4.53. The predicted molar refractivity (Wildman–Crippen MR) is 147 cm³/mol. The highest BCUT2D eigenvalue weighted by atomic mass is 16.2. The molecule has 0 radical (unpaired) electrons. The number of carbonyl (C=O) groups excluding carboxylic acids is 3. The Morgan fingerprint density at radius 3 is 2.48 bits per heavy atom. The number of aromatic nitrogens is 3. The Morgan fingerprint density at radius 2 is 1.80 bits per heavy atom. The summed E-state index contributed by atoms with van der Waals surface area (Å²) in [5.74, 6) is -0.183. The SMILES string of the molecule is CNC(=O)C1CCC(NC(=O)c2cnc(-c3ccc4cc(C#N)cnn34)cc2NC23CC(NC(C)=O)(C2)C3)CC1. The molecule has 3 heterocycles. The monoisotopic (exact) mass is 540 g/mol. The fourth-order valence-electron chi connectivity index (χ4n) is 6.81. The number of anilines is 1. The van der Waals surface area contributed by atoms with Crippen LogP contribution in [-0.2, 0) is 9.59 Å². The number of hydrogen-bond donors (Lipinski definition) is 4. The lowest BCUT2D eigenvalue weighted by molar-refractivity contribution is -0.131. The lowest BCUT2D eigenvalue weighted by Gasteiger charge is -2.70. The normalized spacial score (nSPS) is 26.5. The summed E-state index contributed by atoms with van der Waals surface area (Å²) in [5, 5.41) is 26.2. The number of pyridine rings is 1. The van der Waals surface area contributed by atoms with Crippen molar-refractivity contribution in [3.8, 4) is 17.5 Å². The molecule has 0 atom stereocenters. The van der Waals surface area contributed by atoms with Crippen molar-refractivity contribution < 1.29 is 14.4 Å². The zero-order valence-electron chi connectivity index (χ0n) is 22.6. The minimum absolute atomic E-state index is 0.00739. The quantitative estimate of drug-likeness (QED) is 0.359. The van der Waals surface area contributed by atoms with Gasteiger partial charge in [0.1, 0.15) is 6.07 Å². The van der Waals surface area contributed by atoms with Crippen LogP contribution in [0.15, 0.2) is 36.7 Å². The molecule has 206 valence electrons. The average Bonchev–Trinajstić information content (AvgIpc) is 3.34. The third-order valence-corrected chi connectivity index (χ3v) is 8.59. The zero-order chi connectivity index (χ0) is 28.1. The van der Waals surface area contributed by atoms with Crippen molar-refractivity contribution in [2.24, 2.45) is 5.92 Å². The van der Waals surface area contributed by atoms with Gasteiger partial charge < -0.3 is 21.3 Å². The van der Waals surface area contributed by atoms with Gasteiger partial charge in [-0.3, -0.25) is 19.4 Å². The molecule has 3 aromatic rings. The second-order valence-electron chi connectivity index (χ2n) is 11.6. The lowest BCUT2D eigenvalue weighted by Crippen LogP contribution is -2.81. The molecule has 4 aliphatic rings. The van der Waals surface area contributed by atoms with E-state index in [-0.39, 0.29) is 40.8 Å². The molecule has 0 aromatic carbocycles. The molecular weight excluding hydrogens is 508 g/mol. The van der Waals surface area contributed by atoms with E-state index in [0.717, 1.165) is 56.2 Å². The fourth-order valence-corrected chi connectivity index (χ4v) is 6.81. The van der Waals surface area contributed by atoms with E-state index in [9.17, 15) is 19.6 Å². The molecule has 3 aromatic heterocycles. The van der Waals surface area contributed by atoms with Crippen LogP contribution in [0.3, 0.4) is 0 Å². The average molecular weight is 541 g/mol. The summed E-state index contributed by atoms with van der Waals surface area (Å²) in [6, 6.07) is 9.52. The molecule has 4 aliphatic carbocycles. The van der Waals surface area contributed by atoms with Crippen molar-refractivity contribution in [3.05, 3.63) is 47.8 Å². The molecule has 4 fully saturated rings. The number of rotatable bonds is 7. The first-order chi connectivity index (χ1) is 19.2. The third-order valence-electron chi connectivity index (χ3n) is 8.59. The van der Waals surface area contributed by atoms with E-state index >= 15 is 0 Å². The molecule has 3 amide bonds. The first-order valence-electron chi connectivity index (χ1n) is 13.7. The second-order valence-corrected chi connectivity index (χ2v) is 11.6. The van der Waals surface area contributed by atoms with Crippen molar-refractivity contribution >= 4 is 28.9 Å². The molecule has 11 nitrogen and oxygen atoms in total. The van der Waals surface area contributed by atoms with Gasteiger partial charge in [-0.15, -0.1) is 0 Å². The Morgan fingerprint density at radius 1 is 1.05 bits per heavy atom. The highest BCUT2D eigenvalue weighted by Crippen LogP contribution is 2.62. The number of carbonyl (C=O) groups is 3. The van der Waals surface area contributed by atoms with Crippen molar-refractivity contribution in [1.29, 1.82) is 5.26 Å². The van der Waals surface area contributed by atoms with Gasteiger partial charge in [0.2, 0.25) is 11.8 Å². The smallest absolute Gasteiger partial charge is 0.255 e. The molecule has 0 saturated heterocycles. The van der Waals surface area contributed by atoms with Crippen LogP contribution in [-0.4, -0.2) is 56.5 Å². The van der Waals surface area contributed by atoms with Gasteiger partial charge in [0.25, 0.3) is 5.91 Å². The van der Waals surface area contributed by atoms with Crippen LogP contribution in [0.1, 0.15) is 67.8 Å². The minimum Gasteiger partial charge on any atom is -0.379 e. The molecule has 0 unspecified atom stereocenters. The van der Waals surface area contributed by atoms with Crippen LogP contribution in [0.2, 0.25) is 0 Å². The summed E-state index contributed by atoms with van der Waals surface area (Å²) in [4.78, 5) is 41.8.